The van der Waals surface area contributed by atoms with Gasteiger partial charge in [-0.2, -0.15) is 0 Å². The Bertz CT molecular complexity index is 261. The third-order valence-electron chi connectivity index (χ3n) is 1.70. The molecule has 0 aliphatic carbocycles. The van der Waals surface area contributed by atoms with Crippen LogP contribution < -0.4 is 5.32 Å². The highest BCUT2D eigenvalue weighted by atomic mass is 19.1. The standard InChI is InChI=1S/C9H13FN2/c1-3-11-6-8-9(10)7(2)4-5-12-8/h4-5,11H,3,6H2,1-2H3. The molecule has 0 atom stereocenters. The fraction of sp³-hybridized carbons (Fsp3) is 0.444. The minimum atomic E-state index is -0.196. The molecule has 0 radical (unpaired) electrons. The fourth-order valence-electron chi connectivity index (χ4n) is 0.963. The second-order valence-electron chi connectivity index (χ2n) is 2.67. The Balaban J connectivity index is 2.78. The van der Waals surface area contributed by atoms with Gasteiger partial charge in [-0.25, -0.2) is 4.39 Å². The number of hydrogen-bond donors (Lipinski definition) is 1. The summed E-state index contributed by atoms with van der Waals surface area (Å²) in [5, 5.41) is 3.03. The first-order valence-corrected chi connectivity index (χ1v) is 4.06. The van der Waals surface area contributed by atoms with Gasteiger partial charge in [0.05, 0.1) is 5.69 Å². The van der Waals surface area contributed by atoms with E-state index >= 15 is 0 Å². The third kappa shape index (κ3) is 2.01. The number of nitrogens with zero attached hydrogens (tertiary/aromatic N) is 1. The van der Waals surface area contributed by atoms with Crippen LogP contribution in [0, 0.1) is 12.7 Å². The maximum atomic E-state index is 13.2. The van der Waals surface area contributed by atoms with Crippen LogP contribution in [0.4, 0.5) is 4.39 Å². The van der Waals surface area contributed by atoms with Gasteiger partial charge in [-0.3, -0.25) is 4.98 Å². The smallest absolute Gasteiger partial charge is 0.148 e. The van der Waals surface area contributed by atoms with Crippen LogP contribution in [0.3, 0.4) is 0 Å². The molecule has 1 heterocycles. The molecule has 0 saturated carbocycles. The monoisotopic (exact) mass is 168 g/mol. The van der Waals surface area contributed by atoms with Gasteiger partial charge in [0.1, 0.15) is 5.82 Å². The summed E-state index contributed by atoms with van der Waals surface area (Å²) in [6.45, 7) is 5.05. The van der Waals surface area contributed by atoms with Gasteiger partial charge < -0.3 is 5.32 Å². The van der Waals surface area contributed by atoms with Crippen LogP contribution in [-0.2, 0) is 6.54 Å². The molecule has 1 rings (SSSR count). The molecular formula is C9H13FN2. The van der Waals surface area contributed by atoms with Gasteiger partial charge in [0.25, 0.3) is 0 Å². The normalized spacial score (nSPS) is 10.2. The summed E-state index contributed by atoms with van der Waals surface area (Å²) in [6, 6.07) is 1.67. The molecule has 0 amide bonds. The maximum absolute atomic E-state index is 13.2. The molecule has 2 nitrogen and oxygen atoms in total. The molecule has 1 aromatic rings. The van der Waals surface area contributed by atoms with Crippen molar-refractivity contribution in [1.29, 1.82) is 0 Å². The zero-order valence-corrected chi connectivity index (χ0v) is 7.39. The highest BCUT2D eigenvalue weighted by molar-refractivity contribution is 5.17. The van der Waals surface area contributed by atoms with Crippen molar-refractivity contribution in [3.63, 3.8) is 0 Å². The van der Waals surface area contributed by atoms with Crippen molar-refractivity contribution in [1.82, 2.24) is 10.3 Å². The second kappa shape index (κ2) is 4.16. The maximum Gasteiger partial charge on any atom is 0.148 e. The van der Waals surface area contributed by atoms with Crippen LogP contribution in [0.15, 0.2) is 12.3 Å². The van der Waals surface area contributed by atoms with Crippen molar-refractivity contribution in [3.8, 4) is 0 Å². The molecule has 0 bridgehead atoms. The molecule has 0 aliphatic rings. The molecule has 3 heteroatoms. The van der Waals surface area contributed by atoms with E-state index in [0.29, 0.717) is 17.8 Å². The average molecular weight is 168 g/mol. The van der Waals surface area contributed by atoms with Crippen molar-refractivity contribution in [2.45, 2.75) is 20.4 Å². The molecule has 1 N–H and O–H groups in total. The van der Waals surface area contributed by atoms with Gasteiger partial charge in [0.15, 0.2) is 0 Å². The minimum absolute atomic E-state index is 0.196. The number of aromatic nitrogens is 1. The summed E-state index contributed by atoms with van der Waals surface area (Å²) in [5.74, 6) is -0.196. The summed E-state index contributed by atoms with van der Waals surface area (Å²) in [5.41, 5.74) is 1.15. The van der Waals surface area contributed by atoms with E-state index in [1.165, 1.54) is 0 Å². The van der Waals surface area contributed by atoms with E-state index in [9.17, 15) is 4.39 Å². The van der Waals surface area contributed by atoms with E-state index in [1.807, 2.05) is 6.92 Å². The van der Waals surface area contributed by atoms with E-state index < -0.39 is 0 Å². The largest absolute Gasteiger partial charge is 0.311 e. The molecule has 0 unspecified atom stereocenters. The topological polar surface area (TPSA) is 24.9 Å². The van der Waals surface area contributed by atoms with Crippen LogP contribution in [0.2, 0.25) is 0 Å². The first-order valence-electron chi connectivity index (χ1n) is 4.06. The third-order valence-corrected chi connectivity index (χ3v) is 1.70. The molecule has 0 fully saturated rings. The lowest BCUT2D eigenvalue weighted by molar-refractivity contribution is 0.572. The number of nitrogens with one attached hydrogen (secondary N) is 1. The lowest BCUT2D eigenvalue weighted by Gasteiger charge is -2.03. The van der Waals surface area contributed by atoms with Gasteiger partial charge >= 0.3 is 0 Å². The lowest BCUT2D eigenvalue weighted by Crippen LogP contribution is -2.14. The highest BCUT2D eigenvalue weighted by Crippen LogP contribution is 2.07. The predicted octanol–water partition coefficient (Wildman–Crippen LogP) is 1.64. The van der Waals surface area contributed by atoms with Gasteiger partial charge in [-0.1, -0.05) is 6.92 Å². The zero-order valence-electron chi connectivity index (χ0n) is 7.39. The fourth-order valence-corrected chi connectivity index (χ4v) is 0.963. The summed E-state index contributed by atoms with van der Waals surface area (Å²) in [6.07, 6.45) is 1.63. The van der Waals surface area contributed by atoms with E-state index in [-0.39, 0.29) is 5.82 Å². The van der Waals surface area contributed by atoms with E-state index in [1.54, 1.807) is 19.2 Å². The van der Waals surface area contributed by atoms with Gasteiger partial charge in [0.2, 0.25) is 0 Å². The Morgan fingerprint density at radius 1 is 1.58 bits per heavy atom. The number of halogens is 1. The van der Waals surface area contributed by atoms with Crippen LogP contribution in [0.1, 0.15) is 18.2 Å². The van der Waals surface area contributed by atoms with Crippen LogP contribution in [-0.4, -0.2) is 11.5 Å². The molecule has 12 heavy (non-hydrogen) atoms. The van der Waals surface area contributed by atoms with E-state index in [0.717, 1.165) is 6.54 Å². The molecule has 66 valence electrons. The molecule has 0 aliphatic heterocycles. The number of aryl methyl sites for hydroxylation is 1. The van der Waals surface area contributed by atoms with E-state index in [2.05, 4.69) is 10.3 Å². The molecule has 0 spiro atoms. The Kier molecular flexibility index (Phi) is 3.17. The average Bonchev–Trinajstić information content (AvgIpc) is 2.08. The number of rotatable bonds is 3. The van der Waals surface area contributed by atoms with Gasteiger partial charge in [-0.05, 0) is 25.1 Å². The Morgan fingerprint density at radius 3 is 3.00 bits per heavy atom. The Hall–Kier alpha value is -0.960. The SMILES string of the molecule is CCNCc1nccc(C)c1F. The lowest BCUT2D eigenvalue weighted by atomic mass is 10.2. The van der Waals surface area contributed by atoms with Crippen LogP contribution >= 0.6 is 0 Å². The van der Waals surface area contributed by atoms with Crippen molar-refractivity contribution in [3.05, 3.63) is 29.3 Å². The summed E-state index contributed by atoms with van der Waals surface area (Å²) in [7, 11) is 0. The summed E-state index contributed by atoms with van der Waals surface area (Å²) < 4.78 is 13.2. The Labute approximate surface area is 71.8 Å². The van der Waals surface area contributed by atoms with Crippen LogP contribution in [0.25, 0.3) is 0 Å². The number of pyridine rings is 1. The first-order chi connectivity index (χ1) is 5.75. The predicted molar refractivity (Wildman–Crippen MR) is 46.3 cm³/mol. The van der Waals surface area contributed by atoms with Crippen LogP contribution in [0.5, 0.6) is 0 Å². The molecule has 0 aromatic carbocycles. The van der Waals surface area contributed by atoms with Crippen molar-refractivity contribution in [2.75, 3.05) is 6.54 Å². The number of hydrogen-bond acceptors (Lipinski definition) is 2. The quantitative estimate of drug-likeness (QED) is 0.742. The second-order valence-corrected chi connectivity index (χ2v) is 2.67. The van der Waals surface area contributed by atoms with Gasteiger partial charge in [0, 0.05) is 12.7 Å². The molecule has 1 aromatic heterocycles. The highest BCUT2D eigenvalue weighted by Gasteiger charge is 2.04. The van der Waals surface area contributed by atoms with Crippen molar-refractivity contribution < 1.29 is 4.39 Å². The van der Waals surface area contributed by atoms with Gasteiger partial charge in [-0.15, -0.1) is 0 Å². The first kappa shape index (κ1) is 9.13. The summed E-state index contributed by atoms with van der Waals surface area (Å²) >= 11 is 0. The Morgan fingerprint density at radius 2 is 2.33 bits per heavy atom. The van der Waals surface area contributed by atoms with E-state index in [4.69, 9.17) is 0 Å². The molecular weight excluding hydrogens is 155 g/mol. The minimum Gasteiger partial charge on any atom is -0.311 e. The summed E-state index contributed by atoms with van der Waals surface area (Å²) in [4.78, 5) is 3.94. The zero-order chi connectivity index (χ0) is 8.97. The molecule has 0 saturated heterocycles. The van der Waals surface area contributed by atoms with Crippen molar-refractivity contribution >= 4 is 0 Å². The van der Waals surface area contributed by atoms with Crippen molar-refractivity contribution in [2.24, 2.45) is 0 Å².